The summed E-state index contributed by atoms with van der Waals surface area (Å²) < 4.78 is 27.8. The van der Waals surface area contributed by atoms with Gasteiger partial charge in [-0.3, -0.25) is 0 Å². The normalized spacial score (nSPS) is 14.3. The highest BCUT2D eigenvalue weighted by Crippen LogP contribution is 2.24. The van der Waals surface area contributed by atoms with Crippen molar-refractivity contribution in [3.63, 3.8) is 0 Å². The quantitative estimate of drug-likeness (QED) is 0.897. The molecular formula is C15H26N2O2S. The highest BCUT2D eigenvalue weighted by atomic mass is 32.2. The summed E-state index contributed by atoms with van der Waals surface area (Å²) in [5.74, 6) is 0. The molecule has 4 nitrogen and oxygen atoms in total. The fraction of sp³-hybridized carbons (Fsp3) is 0.600. The number of sulfonamides is 1. The largest absolute Gasteiger partial charge is 0.326 e. The Bertz CT molecular complexity index is 587. The molecule has 0 radical (unpaired) electrons. The molecule has 20 heavy (non-hydrogen) atoms. The zero-order valence-corrected chi connectivity index (χ0v) is 14.1. The van der Waals surface area contributed by atoms with Crippen LogP contribution in [-0.2, 0) is 16.6 Å². The number of benzene rings is 1. The Labute approximate surface area is 122 Å². The first-order valence-corrected chi connectivity index (χ1v) is 8.30. The van der Waals surface area contributed by atoms with Crippen molar-refractivity contribution < 1.29 is 8.42 Å². The van der Waals surface area contributed by atoms with Crippen molar-refractivity contribution in [1.82, 2.24) is 4.72 Å². The molecule has 0 amide bonds. The molecule has 0 heterocycles. The van der Waals surface area contributed by atoms with E-state index >= 15 is 0 Å². The third-order valence-electron chi connectivity index (χ3n) is 3.77. The van der Waals surface area contributed by atoms with E-state index in [1.165, 1.54) is 0 Å². The Kier molecular flexibility index (Phi) is 5.00. The summed E-state index contributed by atoms with van der Waals surface area (Å²) in [6.07, 6.45) is 0. The van der Waals surface area contributed by atoms with Gasteiger partial charge in [0, 0.05) is 12.6 Å². The minimum atomic E-state index is -3.53. The Morgan fingerprint density at radius 1 is 1.20 bits per heavy atom. The molecule has 1 atom stereocenters. The van der Waals surface area contributed by atoms with E-state index in [2.05, 4.69) is 4.72 Å². The molecule has 3 N–H and O–H groups in total. The van der Waals surface area contributed by atoms with Gasteiger partial charge in [-0.15, -0.1) is 0 Å². The number of hydrogen-bond acceptors (Lipinski definition) is 3. The van der Waals surface area contributed by atoms with Crippen LogP contribution in [0, 0.1) is 19.3 Å². The zero-order chi connectivity index (χ0) is 15.7. The van der Waals surface area contributed by atoms with Gasteiger partial charge in [0.1, 0.15) is 0 Å². The van der Waals surface area contributed by atoms with Gasteiger partial charge in [0.25, 0.3) is 0 Å². The Morgan fingerprint density at radius 3 is 2.20 bits per heavy atom. The van der Waals surface area contributed by atoms with Gasteiger partial charge in [0.05, 0.1) is 4.90 Å². The monoisotopic (exact) mass is 298 g/mol. The smallest absolute Gasteiger partial charge is 0.241 e. The molecule has 0 aliphatic heterocycles. The van der Waals surface area contributed by atoms with Crippen LogP contribution in [0.2, 0.25) is 0 Å². The van der Waals surface area contributed by atoms with Gasteiger partial charge in [0.15, 0.2) is 0 Å². The fourth-order valence-corrected chi connectivity index (χ4v) is 3.58. The molecule has 0 aromatic heterocycles. The summed E-state index contributed by atoms with van der Waals surface area (Å²) in [5.41, 5.74) is 8.16. The first kappa shape index (κ1) is 17.1. The van der Waals surface area contributed by atoms with Crippen LogP contribution in [0.1, 0.15) is 44.4 Å². The number of hydrogen-bond donors (Lipinski definition) is 2. The molecule has 0 aliphatic carbocycles. The van der Waals surface area contributed by atoms with Crippen molar-refractivity contribution in [1.29, 1.82) is 0 Å². The van der Waals surface area contributed by atoms with Gasteiger partial charge < -0.3 is 5.73 Å². The number of aryl methyl sites for hydroxylation is 2. The highest BCUT2D eigenvalue weighted by molar-refractivity contribution is 7.89. The summed E-state index contributed by atoms with van der Waals surface area (Å²) in [4.78, 5) is 0.319. The van der Waals surface area contributed by atoms with Crippen LogP contribution in [0.4, 0.5) is 0 Å². The van der Waals surface area contributed by atoms with Crippen LogP contribution in [0.3, 0.4) is 0 Å². The summed E-state index contributed by atoms with van der Waals surface area (Å²) >= 11 is 0. The van der Waals surface area contributed by atoms with Crippen molar-refractivity contribution in [3.05, 3.63) is 28.8 Å². The van der Waals surface area contributed by atoms with Crippen LogP contribution in [-0.4, -0.2) is 14.5 Å². The Morgan fingerprint density at radius 2 is 1.75 bits per heavy atom. The molecule has 0 spiro atoms. The third kappa shape index (κ3) is 3.81. The summed E-state index contributed by atoms with van der Waals surface area (Å²) in [6, 6.07) is 3.40. The molecule has 0 bridgehead atoms. The van der Waals surface area contributed by atoms with Gasteiger partial charge in [-0.25, -0.2) is 13.1 Å². The molecular weight excluding hydrogens is 272 g/mol. The van der Waals surface area contributed by atoms with E-state index in [0.717, 1.165) is 16.7 Å². The Hall–Kier alpha value is -0.910. The molecule has 1 unspecified atom stereocenters. The molecule has 0 aliphatic rings. The first-order valence-electron chi connectivity index (χ1n) is 6.81. The van der Waals surface area contributed by atoms with Gasteiger partial charge in [-0.05, 0) is 48.9 Å². The predicted molar refractivity (Wildman–Crippen MR) is 83.0 cm³/mol. The second kappa shape index (κ2) is 5.84. The standard InChI is InChI=1S/C15H26N2O2S/c1-10-7-11(2)14(8-13(10)9-16)20(18,19)17-12(3)15(4,5)6/h7-8,12,17H,9,16H2,1-6H3. The average molecular weight is 298 g/mol. The molecule has 1 aromatic rings. The molecule has 0 saturated carbocycles. The molecule has 0 fully saturated rings. The van der Waals surface area contributed by atoms with E-state index in [9.17, 15) is 8.42 Å². The van der Waals surface area contributed by atoms with E-state index in [1.807, 2.05) is 47.6 Å². The zero-order valence-electron chi connectivity index (χ0n) is 13.2. The molecule has 5 heteroatoms. The van der Waals surface area contributed by atoms with Crippen LogP contribution in [0.15, 0.2) is 17.0 Å². The number of rotatable bonds is 4. The van der Waals surface area contributed by atoms with Crippen molar-refractivity contribution in [2.24, 2.45) is 11.1 Å². The predicted octanol–water partition coefficient (Wildman–Crippen LogP) is 2.48. The van der Waals surface area contributed by atoms with E-state index in [-0.39, 0.29) is 11.5 Å². The second-order valence-corrected chi connectivity index (χ2v) is 8.14. The highest BCUT2D eigenvalue weighted by Gasteiger charge is 2.27. The van der Waals surface area contributed by atoms with Gasteiger partial charge in [-0.2, -0.15) is 0 Å². The van der Waals surface area contributed by atoms with Crippen LogP contribution in [0.25, 0.3) is 0 Å². The maximum atomic E-state index is 12.5. The van der Waals surface area contributed by atoms with Gasteiger partial charge in [0.2, 0.25) is 10.0 Å². The van der Waals surface area contributed by atoms with E-state index in [1.54, 1.807) is 6.07 Å². The van der Waals surface area contributed by atoms with E-state index in [0.29, 0.717) is 11.4 Å². The fourth-order valence-electron chi connectivity index (χ4n) is 1.86. The summed E-state index contributed by atoms with van der Waals surface area (Å²) in [6.45, 7) is 12.0. The average Bonchev–Trinajstić information content (AvgIpc) is 2.26. The Balaban J connectivity index is 3.23. The lowest BCUT2D eigenvalue weighted by Gasteiger charge is -2.28. The molecule has 0 saturated heterocycles. The van der Waals surface area contributed by atoms with Crippen molar-refractivity contribution in [2.75, 3.05) is 0 Å². The van der Waals surface area contributed by atoms with Crippen molar-refractivity contribution in [3.8, 4) is 0 Å². The summed E-state index contributed by atoms with van der Waals surface area (Å²) in [7, 11) is -3.53. The number of nitrogens with two attached hydrogens (primary N) is 1. The lowest BCUT2D eigenvalue weighted by Crippen LogP contribution is -2.41. The van der Waals surface area contributed by atoms with Gasteiger partial charge >= 0.3 is 0 Å². The lowest BCUT2D eigenvalue weighted by molar-refractivity contribution is 0.317. The molecule has 114 valence electrons. The maximum absolute atomic E-state index is 12.5. The van der Waals surface area contributed by atoms with Crippen LogP contribution < -0.4 is 10.5 Å². The van der Waals surface area contributed by atoms with Crippen molar-refractivity contribution >= 4 is 10.0 Å². The lowest BCUT2D eigenvalue weighted by atomic mass is 9.89. The minimum Gasteiger partial charge on any atom is -0.326 e. The van der Waals surface area contributed by atoms with E-state index in [4.69, 9.17) is 5.73 Å². The van der Waals surface area contributed by atoms with Gasteiger partial charge in [-0.1, -0.05) is 26.8 Å². The molecule has 1 rings (SSSR count). The topological polar surface area (TPSA) is 72.2 Å². The molecule has 1 aromatic carbocycles. The van der Waals surface area contributed by atoms with Crippen molar-refractivity contribution in [2.45, 2.75) is 59.0 Å². The minimum absolute atomic E-state index is 0.137. The van der Waals surface area contributed by atoms with Crippen LogP contribution >= 0.6 is 0 Å². The number of nitrogens with one attached hydrogen (secondary N) is 1. The van der Waals surface area contributed by atoms with Crippen LogP contribution in [0.5, 0.6) is 0 Å². The summed E-state index contributed by atoms with van der Waals surface area (Å²) in [5, 5.41) is 0. The first-order chi connectivity index (χ1) is 8.99. The third-order valence-corrected chi connectivity index (χ3v) is 5.46. The SMILES string of the molecule is Cc1cc(C)c(S(=O)(=O)NC(C)C(C)(C)C)cc1CN. The maximum Gasteiger partial charge on any atom is 0.241 e. The second-order valence-electron chi connectivity index (χ2n) is 6.46. The van der Waals surface area contributed by atoms with E-state index < -0.39 is 10.0 Å².